The zero-order valence-electron chi connectivity index (χ0n) is 15.8. The van der Waals surface area contributed by atoms with Gasteiger partial charge in [0.15, 0.2) is 0 Å². The van der Waals surface area contributed by atoms with Crippen LogP contribution in [0.3, 0.4) is 0 Å². The fourth-order valence-electron chi connectivity index (χ4n) is 4.42. The third kappa shape index (κ3) is 2.78. The van der Waals surface area contributed by atoms with Crippen molar-refractivity contribution in [2.24, 2.45) is 11.7 Å². The van der Waals surface area contributed by atoms with E-state index in [-0.39, 0.29) is 23.8 Å². The number of carboxylic acids is 1. The lowest BCUT2D eigenvalue weighted by Gasteiger charge is -2.24. The number of halogens is 2. The monoisotopic (exact) mass is 391 g/mol. The van der Waals surface area contributed by atoms with Gasteiger partial charge in [0.2, 0.25) is 5.43 Å². The molecule has 2 aromatic rings. The lowest BCUT2D eigenvalue weighted by molar-refractivity contribution is 0.0694. The van der Waals surface area contributed by atoms with Crippen LogP contribution in [0.5, 0.6) is 0 Å². The summed E-state index contributed by atoms with van der Waals surface area (Å²) in [4.78, 5) is 26.0. The van der Waals surface area contributed by atoms with Crippen LogP contribution in [-0.4, -0.2) is 40.9 Å². The molecule has 1 aliphatic heterocycles. The van der Waals surface area contributed by atoms with Crippen molar-refractivity contribution in [1.29, 1.82) is 0 Å². The van der Waals surface area contributed by atoms with E-state index in [0.717, 1.165) is 12.5 Å². The minimum atomic E-state index is -1.41. The van der Waals surface area contributed by atoms with Crippen molar-refractivity contribution >= 4 is 22.6 Å². The molecule has 0 spiro atoms. The Hall–Kier alpha value is -2.48. The highest BCUT2D eigenvalue weighted by Crippen LogP contribution is 2.43. The van der Waals surface area contributed by atoms with Crippen LogP contribution < -0.4 is 16.1 Å². The fraction of sp³-hybridized carbons (Fsp3) is 0.500. The van der Waals surface area contributed by atoms with Crippen molar-refractivity contribution in [3.05, 3.63) is 39.4 Å². The number of fused-ring (bicyclic) bond motifs is 1. The number of rotatable bonds is 4. The van der Waals surface area contributed by atoms with E-state index in [9.17, 15) is 19.1 Å². The summed E-state index contributed by atoms with van der Waals surface area (Å²) in [6.07, 6.45) is 1.21. The van der Waals surface area contributed by atoms with Gasteiger partial charge in [-0.05, 0) is 24.5 Å². The molecule has 0 radical (unpaired) electrons. The number of pyridine rings is 1. The van der Waals surface area contributed by atoms with Gasteiger partial charge in [-0.25, -0.2) is 13.6 Å². The Kier molecular flexibility index (Phi) is 4.41. The normalized spacial score (nSPS) is 26.8. The maximum atomic E-state index is 15.1. The molecule has 0 amide bonds. The number of aryl methyl sites for hydroxylation is 1. The van der Waals surface area contributed by atoms with Crippen molar-refractivity contribution in [2.75, 3.05) is 18.0 Å². The molecule has 4 rings (SSSR count). The van der Waals surface area contributed by atoms with E-state index in [1.807, 2.05) is 11.8 Å². The van der Waals surface area contributed by atoms with Gasteiger partial charge in [-0.15, -0.1) is 0 Å². The molecule has 150 valence electrons. The van der Waals surface area contributed by atoms with Gasteiger partial charge in [0.1, 0.15) is 17.6 Å². The molecule has 6 nitrogen and oxygen atoms in total. The molecule has 0 bridgehead atoms. The standard InChI is InChI=1S/C20H23F2N3O3/c1-3-10-6-24(8-15(10)23)18-9(2)17-11(4-14(18)22)19(26)12(20(27)28)7-25(17)16-5-13(16)21/h4,7,10,13,15-16H,3,5-6,8,23H2,1-2H3,(H,27,28)/t10-,13+,15-,16-/m1/s1. The van der Waals surface area contributed by atoms with E-state index in [1.54, 1.807) is 6.92 Å². The number of hydrogen-bond donors (Lipinski definition) is 2. The summed E-state index contributed by atoms with van der Waals surface area (Å²) >= 11 is 0. The summed E-state index contributed by atoms with van der Waals surface area (Å²) in [5.41, 5.74) is 6.20. The Morgan fingerprint density at radius 3 is 2.61 bits per heavy atom. The number of aromatic carboxylic acids is 1. The highest BCUT2D eigenvalue weighted by atomic mass is 19.1. The van der Waals surface area contributed by atoms with Gasteiger partial charge in [-0.3, -0.25) is 4.79 Å². The zero-order valence-corrected chi connectivity index (χ0v) is 15.8. The van der Waals surface area contributed by atoms with E-state index in [1.165, 1.54) is 10.8 Å². The van der Waals surface area contributed by atoms with Gasteiger partial charge in [0.25, 0.3) is 0 Å². The summed E-state index contributed by atoms with van der Waals surface area (Å²) in [5, 5.41) is 9.31. The predicted octanol–water partition coefficient (Wildman–Crippen LogP) is 2.60. The lowest BCUT2D eigenvalue weighted by Crippen LogP contribution is -2.30. The third-order valence-corrected chi connectivity index (χ3v) is 6.08. The second-order valence-electron chi connectivity index (χ2n) is 7.87. The highest BCUT2D eigenvalue weighted by Gasteiger charge is 2.41. The quantitative estimate of drug-likeness (QED) is 0.836. The van der Waals surface area contributed by atoms with E-state index >= 15 is 4.39 Å². The molecule has 1 saturated carbocycles. The van der Waals surface area contributed by atoms with Crippen LogP contribution in [0.1, 0.15) is 41.7 Å². The van der Waals surface area contributed by atoms with Crippen LogP contribution in [0.2, 0.25) is 0 Å². The Morgan fingerprint density at radius 1 is 1.39 bits per heavy atom. The number of nitrogens with zero attached hydrogens (tertiary/aromatic N) is 2. The first-order valence-corrected chi connectivity index (χ1v) is 9.50. The number of benzene rings is 1. The van der Waals surface area contributed by atoms with Crippen LogP contribution in [0.4, 0.5) is 14.5 Å². The van der Waals surface area contributed by atoms with Crippen molar-refractivity contribution in [3.8, 4) is 0 Å². The van der Waals surface area contributed by atoms with Crippen molar-refractivity contribution in [2.45, 2.75) is 44.9 Å². The zero-order chi connectivity index (χ0) is 20.3. The van der Waals surface area contributed by atoms with Gasteiger partial charge in [0, 0.05) is 37.1 Å². The van der Waals surface area contributed by atoms with Gasteiger partial charge in [-0.2, -0.15) is 0 Å². The Bertz CT molecular complexity index is 1040. The second-order valence-corrected chi connectivity index (χ2v) is 7.87. The fourth-order valence-corrected chi connectivity index (χ4v) is 4.42. The maximum Gasteiger partial charge on any atom is 0.341 e. The second kappa shape index (κ2) is 6.55. The van der Waals surface area contributed by atoms with Crippen molar-refractivity contribution < 1.29 is 18.7 Å². The molecule has 4 atom stereocenters. The molecule has 2 fully saturated rings. The van der Waals surface area contributed by atoms with Crippen molar-refractivity contribution in [3.63, 3.8) is 0 Å². The number of alkyl halides is 1. The number of aromatic nitrogens is 1. The van der Waals surface area contributed by atoms with Crippen LogP contribution in [0.15, 0.2) is 17.1 Å². The Morgan fingerprint density at radius 2 is 2.07 bits per heavy atom. The summed E-state index contributed by atoms with van der Waals surface area (Å²) in [6.45, 7) is 4.83. The van der Waals surface area contributed by atoms with E-state index in [4.69, 9.17) is 5.73 Å². The molecule has 3 N–H and O–H groups in total. The van der Waals surface area contributed by atoms with E-state index < -0.39 is 35.0 Å². The highest BCUT2D eigenvalue weighted by molar-refractivity contribution is 5.95. The van der Waals surface area contributed by atoms with Crippen LogP contribution in [0, 0.1) is 18.7 Å². The number of carbonyl (C=O) groups is 1. The van der Waals surface area contributed by atoms with Gasteiger partial charge >= 0.3 is 5.97 Å². The van der Waals surface area contributed by atoms with Crippen molar-refractivity contribution in [1.82, 2.24) is 4.57 Å². The molecule has 0 unspecified atom stereocenters. The molecular formula is C20H23F2N3O3. The van der Waals surface area contributed by atoms with Gasteiger partial charge in [0.05, 0.1) is 17.2 Å². The third-order valence-electron chi connectivity index (χ3n) is 6.08. The molecule has 2 heterocycles. The van der Waals surface area contributed by atoms with Crippen LogP contribution in [-0.2, 0) is 0 Å². The molecular weight excluding hydrogens is 368 g/mol. The number of anilines is 1. The molecule has 28 heavy (non-hydrogen) atoms. The first-order chi connectivity index (χ1) is 13.2. The average molecular weight is 391 g/mol. The molecule has 1 saturated heterocycles. The molecule has 1 aliphatic carbocycles. The Balaban J connectivity index is 1.97. The number of carboxylic acid groups (broad SMARTS) is 1. The topological polar surface area (TPSA) is 88.6 Å². The van der Waals surface area contributed by atoms with Gasteiger partial charge in [-0.1, -0.05) is 13.3 Å². The minimum absolute atomic E-state index is 0.0340. The summed E-state index contributed by atoms with van der Waals surface area (Å²) in [5.74, 6) is -1.76. The lowest BCUT2D eigenvalue weighted by atomic mass is 10.0. The molecule has 1 aromatic heterocycles. The minimum Gasteiger partial charge on any atom is -0.477 e. The van der Waals surface area contributed by atoms with Crippen LogP contribution in [0.25, 0.3) is 10.9 Å². The molecule has 2 aliphatic rings. The first kappa shape index (κ1) is 18.9. The van der Waals surface area contributed by atoms with E-state index in [0.29, 0.717) is 29.9 Å². The van der Waals surface area contributed by atoms with E-state index in [2.05, 4.69) is 0 Å². The molecule has 8 heteroatoms. The van der Waals surface area contributed by atoms with Gasteiger partial charge < -0.3 is 20.3 Å². The summed E-state index contributed by atoms with van der Waals surface area (Å²) < 4.78 is 30.4. The smallest absolute Gasteiger partial charge is 0.341 e. The number of hydrogen-bond acceptors (Lipinski definition) is 4. The summed E-state index contributed by atoms with van der Waals surface area (Å²) in [6, 6.07) is 0.473. The Labute approximate surface area is 160 Å². The first-order valence-electron chi connectivity index (χ1n) is 9.50. The SMILES string of the molecule is CC[C@@H]1CN(c2c(F)cc3c(=O)c(C(=O)O)cn([C@@H]4C[C@@H]4F)c3c2C)C[C@H]1N. The maximum absolute atomic E-state index is 15.1. The summed E-state index contributed by atoms with van der Waals surface area (Å²) in [7, 11) is 0. The molecule has 1 aromatic carbocycles. The largest absolute Gasteiger partial charge is 0.477 e. The predicted molar refractivity (Wildman–Crippen MR) is 102 cm³/mol. The van der Waals surface area contributed by atoms with Crippen LogP contribution >= 0.6 is 0 Å². The average Bonchev–Trinajstić information content (AvgIpc) is 3.24. The number of nitrogens with two attached hydrogens (primary N) is 1.